The predicted molar refractivity (Wildman–Crippen MR) is 88.4 cm³/mol. The summed E-state index contributed by atoms with van der Waals surface area (Å²) in [6, 6.07) is 12.5. The molecule has 0 bridgehead atoms. The van der Waals surface area contributed by atoms with Crippen molar-refractivity contribution in [3.8, 4) is 0 Å². The minimum atomic E-state index is -5.41. The molecule has 2 aromatic carbocycles. The molecule has 0 saturated carbocycles. The van der Waals surface area contributed by atoms with E-state index in [1.807, 2.05) is 18.2 Å². The van der Waals surface area contributed by atoms with Crippen LogP contribution in [-0.2, 0) is 13.4 Å². The molecular weight excluding hydrogens is 349 g/mol. The van der Waals surface area contributed by atoms with E-state index in [0.29, 0.717) is 4.90 Å². The third-order valence-electron chi connectivity index (χ3n) is 3.60. The Kier molecular flexibility index (Phi) is 4.98. The van der Waals surface area contributed by atoms with Gasteiger partial charge in [-0.15, -0.1) is 7.49 Å². The van der Waals surface area contributed by atoms with Crippen molar-refractivity contribution in [2.75, 3.05) is 11.5 Å². The molecule has 0 aromatic heterocycles. The number of fused-ring (bicyclic) bond motifs is 1. The summed E-state index contributed by atoms with van der Waals surface area (Å²) in [7, 11) is -7.97. The molecule has 0 aliphatic rings. The monoisotopic (exact) mass is 367 g/mol. The van der Waals surface area contributed by atoms with Crippen molar-refractivity contribution >= 4 is 31.2 Å². The van der Waals surface area contributed by atoms with Gasteiger partial charge in [0.1, 0.15) is 10.3 Å². The summed E-state index contributed by atoms with van der Waals surface area (Å²) in [4.78, 5) is 0.562. The Hall–Kier alpha value is -1.25. The smallest absolute Gasteiger partial charge is 0.238 e. The second-order valence-corrected chi connectivity index (χ2v) is 10.0. The van der Waals surface area contributed by atoms with E-state index in [-0.39, 0.29) is 11.5 Å². The molecule has 2 rings (SSSR count). The first-order valence-electron chi connectivity index (χ1n) is 6.97. The molecule has 0 spiro atoms. The van der Waals surface area contributed by atoms with Crippen molar-refractivity contribution in [1.82, 2.24) is 0 Å². The van der Waals surface area contributed by atoms with Crippen molar-refractivity contribution in [3.05, 3.63) is 42.5 Å². The lowest BCUT2D eigenvalue weighted by Crippen LogP contribution is -2.25. The van der Waals surface area contributed by atoms with E-state index >= 15 is 0 Å². The van der Waals surface area contributed by atoms with Gasteiger partial charge in [-0.1, -0.05) is 36.4 Å². The summed E-state index contributed by atoms with van der Waals surface area (Å²) in [6.07, 6.45) is 0. The van der Waals surface area contributed by atoms with Gasteiger partial charge in [0.15, 0.2) is 0 Å². The highest BCUT2D eigenvalue weighted by atomic mass is 32.3. The van der Waals surface area contributed by atoms with Crippen LogP contribution in [0.2, 0.25) is 0 Å². The lowest BCUT2D eigenvalue weighted by atomic mass is 10.1. The van der Waals surface area contributed by atoms with E-state index < -0.39 is 25.9 Å². The average molecular weight is 367 g/mol. The average Bonchev–Trinajstić information content (AvgIpc) is 2.51. The lowest BCUT2D eigenvalue weighted by molar-refractivity contribution is -0.0541. The predicted octanol–water partition coefficient (Wildman–Crippen LogP) is 5.12. The fourth-order valence-electron chi connectivity index (χ4n) is 2.38. The number of hydrogen-bond acceptors (Lipinski definition) is 1. The van der Waals surface area contributed by atoms with Gasteiger partial charge in [0.05, 0.1) is 16.4 Å². The fourth-order valence-corrected chi connectivity index (χ4v) is 7.11. The molecule has 0 radical (unpaired) electrons. The van der Waals surface area contributed by atoms with Gasteiger partial charge in [-0.05, 0) is 25.3 Å². The third kappa shape index (κ3) is 3.34. The van der Waals surface area contributed by atoms with E-state index in [2.05, 4.69) is 0 Å². The molecular formula is C15H18F3O3S2+. The maximum atomic E-state index is 12.8. The summed E-state index contributed by atoms with van der Waals surface area (Å²) >= 11 is 0. The molecule has 1 unspecified atom stereocenters. The second-order valence-electron chi connectivity index (χ2n) is 4.86. The Morgan fingerprint density at radius 2 is 1.61 bits per heavy atom. The Morgan fingerprint density at radius 3 is 2.17 bits per heavy atom. The highest BCUT2D eigenvalue weighted by Gasteiger charge is 2.56. The van der Waals surface area contributed by atoms with Crippen LogP contribution in [0.3, 0.4) is 0 Å². The fraction of sp³-hybridized carbons (Fsp3) is 0.333. The van der Waals surface area contributed by atoms with Gasteiger partial charge >= 0.3 is 15.6 Å². The van der Waals surface area contributed by atoms with Crippen LogP contribution in [0.25, 0.3) is 10.8 Å². The number of rotatable bonds is 4. The lowest BCUT2D eigenvalue weighted by Gasteiger charge is -2.23. The Bertz CT molecular complexity index is 815. The van der Waals surface area contributed by atoms with Gasteiger partial charge in [-0.3, -0.25) is 0 Å². The minimum absolute atomic E-state index is 0.213. The van der Waals surface area contributed by atoms with Crippen LogP contribution in [0.1, 0.15) is 13.8 Å². The Balaban J connectivity index is 2.81. The molecule has 0 amide bonds. The zero-order valence-electron chi connectivity index (χ0n) is 12.7. The van der Waals surface area contributed by atoms with E-state index in [1.54, 1.807) is 38.1 Å². The standard InChI is InChI=1S/C15H17F3O3S2/c1-3-22(4-2,21-23(19,20)15(16,17)18)14-11-7-9-12-8-5-6-10-13(12)14/h5-11H,3-4H2,1-2H3/p+1. The van der Waals surface area contributed by atoms with Crippen molar-refractivity contribution in [2.24, 2.45) is 0 Å². The quantitative estimate of drug-likeness (QED) is 0.463. The zero-order chi connectivity index (χ0) is 17.3. The van der Waals surface area contributed by atoms with Crippen LogP contribution in [-0.4, -0.2) is 25.8 Å². The molecule has 0 aliphatic carbocycles. The van der Waals surface area contributed by atoms with Crippen molar-refractivity contribution in [1.29, 1.82) is 0 Å². The summed E-state index contributed by atoms with van der Waals surface area (Å²) in [5, 5.41) is 1.59. The largest absolute Gasteiger partial charge is 0.576 e. The normalized spacial score (nSPS) is 16.1. The third-order valence-corrected chi connectivity index (χ3v) is 8.99. The summed E-state index contributed by atoms with van der Waals surface area (Å²) in [5.41, 5.74) is -5.32. The number of hydrogen-bond donors (Lipinski definition) is 1. The van der Waals surface area contributed by atoms with Gasteiger partial charge in [0.2, 0.25) is 0 Å². The Morgan fingerprint density at radius 1 is 1.04 bits per heavy atom. The maximum absolute atomic E-state index is 12.8. The maximum Gasteiger partial charge on any atom is 0.576 e. The van der Waals surface area contributed by atoms with Crippen molar-refractivity contribution in [3.63, 3.8) is 0 Å². The molecule has 1 N–H and O–H groups in total. The van der Waals surface area contributed by atoms with E-state index in [1.165, 1.54) is 0 Å². The topological polar surface area (TPSA) is 48.6 Å². The van der Waals surface area contributed by atoms with Crippen molar-refractivity contribution in [2.45, 2.75) is 24.3 Å². The van der Waals surface area contributed by atoms with E-state index in [0.717, 1.165) is 10.8 Å². The summed E-state index contributed by atoms with van der Waals surface area (Å²) < 4.78 is 64.5. The molecule has 2 aromatic rings. The van der Waals surface area contributed by atoms with Gasteiger partial charge < -0.3 is 0 Å². The SMILES string of the molecule is CCS(CC)([O+]=S(=O)(O)C(F)(F)F)c1cccc2ccccc12. The molecule has 0 fully saturated rings. The van der Waals surface area contributed by atoms with Crippen LogP contribution in [0.4, 0.5) is 13.2 Å². The summed E-state index contributed by atoms with van der Waals surface area (Å²) in [5.74, 6) is 0.427. The Labute approximate surface area is 135 Å². The first-order chi connectivity index (χ1) is 10.7. The minimum Gasteiger partial charge on any atom is -0.238 e. The highest BCUT2D eigenvalue weighted by molar-refractivity contribution is 8.30. The number of alkyl halides is 3. The first kappa shape index (κ1) is 18.1. The molecule has 0 aliphatic heterocycles. The number of benzene rings is 2. The molecule has 128 valence electrons. The van der Waals surface area contributed by atoms with Gasteiger partial charge in [-0.25, -0.2) is 4.55 Å². The van der Waals surface area contributed by atoms with E-state index in [4.69, 9.17) is 3.29 Å². The van der Waals surface area contributed by atoms with Gasteiger partial charge in [0.25, 0.3) is 0 Å². The van der Waals surface area contributed by atoms with Crippen molar-refractivity contribution < 1.29 is 25.2 Å². The number of halogens is 3. The summed E-state index contributed by atoms with van der Waals surface area (Å²) in [6.45, 7) is 3.35. The molecule has 0 saturated heterocycles. The molecule has 8 heteroatoms. The molecule has 3 nitrogen and oxygen atoms in total. The van der Waals surface area contributed by atoms with Crippen LogP contribution < -0.4 is 0 Å². The molecule has 23 heavy (non-hydrogen) atoms. The zero-order valence-corrected chi connectivity index (χ0v) is 14.3. The van der Waals surface area contributed by atoms with Crippen LogP contribution in [0, 0.1) is 0 Å². The van der Waals surface area contributed by atoms with Gasteiger partial charge in [-0.2, -0.15) is 13.2 Å². The van der Waals surface area contributed by atoms with Gasteiger partial charge in [0, 0.05) is 5.39 Å². The van der Waals surface area contributed by atoms with Crippen LogP contribution >= 0.6 is 10.3 Å². The van der Waals surface area contributed by atoms with Crippen LogP contribution in [0.15, 0.2) is 47.4 Å². The highest BCUT2D eigenvalue weighted by Crippen LogP contribution is 2.57. The first-order valence-corrected chi connectivity index (χ1v) is 10.3. The van der Waals surface area contributed by atoms with Crippen LogP contribution in [0.5, 0.6) is 0 Å². The molecule has 0 heterocycles. The second kappa shape index (κ2) is 6.33. The van der Waals surface area contributed by atoms with E-state index in [9.17, 15) is 21.9 Å². The molecule has 1 atom stereocenters.